The van der Waals surface area contributed by atoms with Crippen LogP contribution in [0.1, 0.15) is 40.0 Å². The molecule has 1 fully saturated rings. The van der Waals surface area contributed by atoms with Crippen molar-refractivity contribution in [2.24, 2.45) is 0 Å². The molecule has 1 aliphatic rings. The van der Waals surface area contributed by atoms with E-state index < -0.39 is 5.97 Å². The molecule has 0 aromatic heterocycles. The smallest absolute Gasteiger partial charge is 0.309 e. The Bertz CT molecular complexity index is 200. The molecule has 1 unspecified atom stereocenters. The second-order valence-corrected chi connectivity index (χ2v) is 6.01. The molecule has 0 aromatic rings. The van der Waals surface area contributed by atoms with Gasteiger partial charge in [-0.15, -0.1) is 0 Å². The molecule has 1 saturated heterocycles. The van der Waals surface area contributed by atoms with E-state index in [4.69, 9.17) is 18.9 Å². The molecule has 0 spiro atoms. The Labute approximate surface area is 107 Å². The summed E-state index contributed by atoms with van der Waals surface area (Å²) in [6.07, 6.45) is 3.22. The summed E-state index contributed by atoms with van der Waals surface area (Å²) in [4.78, 5) is 0. The highest BCUT2D eigenvalue weighted by Crippen LogP contribution is 2.37. The van der Waals surface area contributed by atoms with Crippen LogP contribution in [0.3, 0.4) is 0 Å². The Morgan fingerprint density at radius 1 is 1.06 bits per heavy atom. The van der Waals surface area contributed by atoms with E-state index in [1.54, 1.807) is 0 Å². The third kappa shape index (κ3) is 3.29. The zero-order valence-corrected chi connectivity index (χ0v) is 13.6. The van der Waals surface area contributed by atoms with Gasteiger partial charge in [0.05, 0.1) is 10.2 Å². The normalized spacial score (nSPS) is 26.3. The van der Waals surface area contributed by atoms with Gasteiger partial charge in [0.15, 0.2) is 0 Å². The molecular formula is C12H26O4Si. The summed E-state index contributed by atoms with van der Waals surface area (Å²) in [6.45, 7) is 8.34. The van der Waals surface area contributed by atoms with Crippen LogP contribution >= 0.6 is 0 Å². The fourth-order valence-electron chi connectivity index (χ4n) is 2.33. The van der Waals surface area contributed by atoms with Crippen molar-refractivity contribution in [3.05, 3.63) is 0 Å². The van der Waals surface area contributed by atoms with Crippen LogP contribution in [0.15, 0.2) is 0 Å². The van der Waals surface area contributed by atoms with Crippen LogP contribution in [0.4, 0.5) is 0 Å². The van der Waals surface area contributed by atoms with Crippen molar-refractivity contribution in [2.45, 2.75) is 51.2 Å². The third-order valence-electron chi connectivity index (χ3n) is 3.12. The second kappa shape index (κ2) is 6.85. The molecule has 1 atom stereocenters. The van der Waals surface area contributed by atoms with Crippen molar-refractivity contribution >= 4 is 10.2 Å². The van der Waals surface area contributed by atoms with E-state index in [1.165, 1.54) is 0 Å². The maximum atomic E-state index is 5.98. The minimum atomic E-state index is -1.00. The van der Waals surface area contributed by atoms with Crippen LogP contribution < -0.4 is 0 Å². The SMILES string of the molecule is CCOC(OCC)(OCC)C1([SiH3])CCCCO1. The Hall–Kier alpha value is 0.0569. The maximum Gasteiger partial charge on any atom is 0.309 e. The predicted octanol–water partition coefficient (Wildman–Crippen LogP) is 1.01. The molecule has 0 amide bonds. The maximum absolute atomic E-state index is 5.98. The van der Waals surface area contributed by atoms with Gasteiger partial charge in [0, 0.05) is 26.4 Å². The van der Waals surface area contributed by atoms with Crippen LogP contribution in [0.2, 0.25) is 0 Å². The van der Waals surface area contributed by atoms with Gasteiger partial charge >= 0.3 is 5.97 Å². The van der Waals surface area contributed by atoms with Crippen molar-refractivity contribution in [3.8, 4) is 0 Å². The molecule has 102 valence electrons. The van der Waals surface area contributed by atoms with Gasteiger partial charge in [-0.05, 0) is 40.0 Å². The molecule has 4 nitrogen and oxygen atoms in total. The van der Waals surface area contributed by atoms with Crippen LogP contribution in [-0.2, 0) is 18.9 Å². The summed E-state index contributed by atoms with van der Waals surface area (Å²) in [6, 6.07) is 0. The third-order valence-corrected chi connectivity index (χ3v) is 4.52. The first-order chi connectivity index (χ1) is 8.14. The van der Waals surface area contributed by atoms with Gasteiger partial charge in [-0.1, -0.05) is 0 Å². The molecule has 0 aliphatic carbocycles. The van der Waals surface area contributed by atoms with Gasteiger partial charge in [0.25, 0.3) is 0 Å². The average Bonchev–Trinajstić information content (AvgIpc) is 2.31. The summed E-state index contributed by atoms with van der Waals surface area (Å²) >= 11 is 0. The molecule has 0 bridgehead atoms. The van der Waals surface area contributed by atoms with Crippen LogP contribution in [-0.4, -0.2) is 47.9 Å². The number of rotatable bonds is 7. The summed E-state index contributed by atoms with van der Waals surface area (Å²) in [7, 11) is 0.833. The lowest BCUT2D eigenvalue weighted by Crippen LogP contribution is -2.62. The Morgan fingerprint density at radius 2 is 1.59 bits per heavy atom. The number of ether oxygens (including phenoxy) is 4. The highest BCUT2D eigenvalue weighted by Gasteiger charge is 2.53. The monoisotopic (exact) mass is 262 g/mol. The highest BCUT2D eigenvalue weighted by molar-refractivity contribution is 6.15. The zero-order valence-electron chi connectivity index (χ0n) is 11.6. The standard InChI is InChI=1S/C12H26O4Si/c1-4-13-12(14-5-2,15-6-3)11(17)9-7-8-10-16-11/h4-10H2,1-3,17H3. The lowest BCUT2D eigenvalue weighted by atomic mass is 10.1. The van der Waals surface area contributed by atoms with Gasteiger partial charge in [-0.25, -0.2) is 0 Å². The quantitative estimate of drug-likeness (QED) is 0.507. The van der Waals surface area contributed by atoms with E-state index in [9.17, 15) is 0 Å². The van der Waals surface area contributed by atoms with E-state index in [0.29, 0.717) is 19.8 Å². The minimum Gasteiger partial charge on any atom is -0.371 e. The number of hydrogen-bond acceptors (Lipinski definition) is 4. The first kappa shape index (κ1) is 15.1. The van der Waals surface area contributed by atoms with E-state index >= 15 is 0 Å². The van der Waals surface area contributed by atoms with Gasteiger partial charge in [0.2, 0.25) is 0 Å². The van der Waals surface area contributed by atoms with E-state index in [0.717, 1.165) is 36.1 Å². The molecule has 0 saturated carbocycles. The fourth-order valence-corrected chi connectivity index (χ4v) is 3.32. The zero-order chi connectivity index (χ0) is 12.8. The Balaban J connectivity index is 2.90. The molecule has 0 radical (unpaired) electrons. The lowest BCUT2D eigenvalue weighted by molar-refractivity contribution is -0.429. The van der Waals surface area contributed by atoms with Crippen molar-refractivity contribution < 1.29 is 18.9 Å². The topological polar surface area (TPSA) is 36.9 Å². The molecule has 17 heavy (non-hydrogen) atoms. The van der Waals surface area contributed by atoms with E-state index in [2.05, 4.69) is 0 Å². The van der Waals surface area contributed by atoms with Gasteiger partial charge in [-0.3, -0.25) is 0 Å². The Kier molecular flexibility index (Phi) is 6.09. The molecule has 1 aliphatic heterocycles. The fraction of sp³-hybridized carbons (Fsp3) is 1.00. The van der Waals surface area contributed by atoms with E-state index in [-0.39, 0.29) is 5.22 Å². The molecule has 1 heterocycles. The summed E-state index contributed by atoms with van der Waals surface area (Å²) in [5.74, 6) is -1.00. The van der Waals surface area contributed by atoms with Gasteiger partial charge < -0.3 is 18.9 Å². The summed E-state index contributed by atoms with van der Waals surface area (Å²) in [5.41, 5.74) is 0. The van der Waals surface area contributed by atoms with E-state index in [1.807, 2.05) is 20.8 Å². The second-order valence-electron chi connectivity index (χ2n) is 4.39. The Morgan fingerprint density at radius 3 is 1.94 bits per heavy atom. The molecule has 5 heteroatoms. The number of hydrogen-bond donors (Lipinski definition) is 0. The minimum absolute atomic E-state index is 0.382. The van der Waals surface area contributed by atoms with Gasteiger partial charge in [-0.2, -0.15) is 0 Å². The molecular weight excluding hydrogens is 236 g/mol. The van der Waals surface area contributed by atoms with Crippen LogP contribution in [0.25, 0.3) is 0 Å². The van der Waals surface area contributed by atoms with Gasteiger partial charge in [0.1, 0.15) is 5.22 Å². The lowest BCUT2D eigenvalue weighted by Gasteiger charge is -2.47. The first-order valence-corrected chi connectivity index (χ1v) is 7.70. The molecule has 0 N–H and O–H groups in total. The predicted molar refractivity (Wildman–Crippen MR) is 70.1 cm³/mol. The largest absolute Gasteiger partial charge is 0.371 e. The van der Waals surface area contributed by atoms with Crippen LogP contribution in [0.5, 0.6) is 0 Å². The van der Waals surface area contributed by atoms with Crippen molar-refractivity contribution in [2.75, 3.05) is 26.4 Å². The van der Waals surface area contributed by atoms with Crippen molar-refractivity contribution in [1.82, 2.24) is 0 Å². The summed E-state index contributed by atoms with van der Waals surface area (Å²) < 4.78 is 23.4. The van der Waals surface area contributed by atoms with Crippen LogP contribution in [0, 0.1) is 0 Å². The summed E-state index contributed by atoms with van der Waals surface area (Å²) in [5, 5.41) is -0.382. The van der Waals surface area contributed by atoms with Crippen molar-refractivity contribution in [3.63, 3.8) is 0 Å². The molecule has 1 rings (SSSR count). The highest BCUT2D eigenvalue weighted by atomic mass is 28.1. The van der Waals surface area contributed by atoms with Crippen molar-refractivity contribution in [1.29, 1.82) is 0 Å². The molecule has 0 aromatic carbocycles. The average molecular weight is 262 g/mol. The first-order valence-electron chi connectivity index (χ1n) is 6.70.